The highest BCUT2D eigenvalue weighted by atomic mass is 16.5. The highest BCUT2D eigenvalue weighted by Crippen LogP contribution is 2.15. The van der Waals surface area contributed by atoms with Gasteiger partial charge in [-0.3, -0.25) is 9.69 Å². The fourth-order valence-corrected chi connectivity index (χ4v) is 1.90. The Hall–Kier alpha value is -0.690. The Morgan fingerprint density at radius 1 is 1.44 bits per heavy atom. The second kappa shape index (κ2) is 6.15. The Balaban J connectivity index is 2.32. The van der Waals surface area contributed by atoms with Crippen LogP contribution in [0.15, 0.2) is 0 Å². The molecule has 0 radical (unpaired) electrons. The van der Waals surface area contributed by atoms with E-state index in [4.69, 9.17) is 20.3 Å². The molecule has 0 saturated carbocycles. The minimum absolute atomic E-state index is 0.0612. The number of hydrogen-bond donors (Lipinski definition) is 2. The van der Waals surface area contributed by atoms with Crippen LogP contribution in [0.2, 0.25) is 0 Å². The summed E-state index contributed by atoms with van der Waals surface area (Å²) in [4.78, 5) is 12.7. The summed E-state index contributed by atoms with van der Waals surface area (Å²) in [6, 6.07) is -0.789. The molecule has 6 heteroatoms. The first-order valence-electron chi connectivity index (χ1n) is 5.34. The fourth-order valence-electron chi connectivity index (χ4n) is 1.90. The number of nitrogens with zero attached hydrogens (tertiary/aromatic N) is 1. The van der Waals surface area contributed by atoms with Gasteiger partial charge in [0.15, 0.2) is 0 Å². The number of carboxylic acid groups (broad SMARTS) is 1. The fraction of sp³-hybridized carbons (Fsp3) is 0.900. The maximum Gasteiger partial charge on any atom is 0.320 e. The predicted octanol–water partition coefficient (Wildman–Crippen LogP) is -0.866. The third-order valence-corrected chi connectivity index (χ3v) is 2.97. The van der Waals surface area contributed by atoms with Crippen LogP contribution in [0.25, 0.3) is 0 Å². The Morgan fingerprint density at radius 3 is 2.31 bits per heavy atom. The maximum atomic E-state index is 10.6. The molecule has 94 valence electrons. The van der Waals surface area contributed by atoms with E-state index in [1.165, 1.54) is 0 Å². The van der Waals surface area contributed by atoms with Gasteiger partial charge in [0.2, 0.25) is 0 Å². The molecule has 1 aliphatic rings. The molecule has 1 aliphatic heterocycles. The molecule has 6 nitrogen and oxygen atoms in total. The van der Waals surface area contributed by atoms with Crippen LogP contribution in [0.3, 0.4) is 0 Å². The van der Waals surface area contributed by atoms with E-state index >= 15 is 0 Å². The van der Waals surface area contributed by atoms with Gasteiger partial charge in [-0.25, -0.2) is 0 Å². The largest absolute Gasteiger partial charge is 0.480 e. The highest BCUT2D eigenvalue weighted by Gasteiger charge is 2.32. The Morgan fingerprint density at radius 2 is 1.94 bits per heavy atom. The monoisotopic (exact) mass is 232 g/mol. The maximum absolute atomic E-state index is 10.6. The van der Waals surface area contributed by atoms with Gasteiger partial charge in [-0.2, -0.15) is 0 Å². The number of carboxylic acids is 1. The van der Waals surface area contributed by atoms with Crippen molar-refractivity contribution in [3.8, 4) is 0 Å². The number of aliphatic carboxylic acids is 1. The average Bonchev–Trinajstić information content (AvgIpc) is 2.67. The molecule has 3 unspecified atom stereocenters. The van der Waals surface area contributed by atoms with Crippen LogP contribution in [-0.4, -0.2) is 68.1 Å². The molecule has 0 aromatic carbocycles. The summed E-state index contributed by atoms with van der Waals surface area (Å²) >= 11 is 0. The summed E-state index contributed by atoms with van der Waals surface area (Å²) in [6.45, 7) is 2.19. The smallest absolute Gasteiger partial charge is 0.320 e. The quantitative estimate of drug-likeness (QED) is 0.619. The summed E-state index contributed by atoms with van der Waals surface area (Å²) in [6.07, 6.45) is 0.569. The third kappa shape index (κ3) is 3.41. The number of ether oxygens (including phenoxy) is 2. The van der Waals surface area contributed by atoms with Crippen LogP contribution in [0.4, 0.5) is 0 Å². The van der Waals surface area contributed by atoms with Gasteiger partial charge >= 0.3 is 5.97 Å². The average molecular weight is 232 g/mol. The molecule has 3 N–H and O–H groups in total. The van der Waals surface area contributed by atoms with Crippen LogP contribution in [0.5, 0.6) is 0 Å². The molecule has 0 aromatic rings. The summed E-state index contributed by atoms with van der Waals surface area (Å²) in [5.41, 5.74) is 5.44. The molecule has 1 heterocycles. The van der Waals surface area contributed by atoms with Crippen molar-refractivity contribution in [1.29, 1.82) is 0 Å². The zero-order chi connectivity index (χ0) is 12.1. The van der Waals surface area contributed by atoms with Crippen molar-refractivity contribution in [1.82, 2.24) is 4.90 Å². The van der Waals surface area contributed by atoms with Gasteiger partial charge in [-0.05, 0) is 6.42 Å². The normalized spacial score (nSPS) is 28.2. The summed E-state index contributed by atoms with van der Waals surface area (Å²) in [5, 5.41) is 8.66. The van der Waals surface area contributed by atoms with Crippen LogP contribution in [0.1, 0.15) is 6.42 Å². The third-order valence-electron chi connectivity index (χ3n) is 2.97. The molecule has 3 atom stereocenters. The van der Waals surface area contributed by atoms with Crippen molar-refractivity contribution in [2.75, 3.05) is 33.9 Å². The van der Waals surface area contributed by atoms with E-state index in [9.17, 15) is 4.79 Å². The van der Waals surface area contributed by atoms with E-state index in [1.807, 2.05) is 0 Å². The van der Waals surface area contributed by atoms with Gasteiger partial charge in [0, 0.05) is 33.9 Å². The Bertz CT molecular complexity index is 225. The molecule has 1 saturated heterocycles. The van der Waals surface area contributed by atoms with Crippen molar-refractivity contribution >= 4 is 5.97 Å². The number of likely N-dealkylation sites (tertiary alicyclic amines) is 1. The van der Waals surface area contributed by atoms with E-state index in [0.717, 1.165) is 13.1 Å². The molecular weight excluding hydrogens is 212 g/mol. The van der Waals surface area contributed by atoms with Gasteiger partial charge in [0.05, 0.1) is 12.2 Å². The lowest BCUT2D eigenvalue weighted by atomic mass is 10.2. The van der Waals surface area contributed by atoms with E-state index in [0.29, 0.717) is 13.0 Å². The lowest BCUT2D eigenvalue weighted by Crippen LogP contribution is -2.35. The van der Waals surface area contributed by atoms with Crippen molar-refractivity contribution < 1.29 is 19.4 Å². The molecule has 0 aliphatic carbocycles. The first-order chi connectivity index (χ1) is 7.58. The Labute approximate surface area is 95.3 Å². The van der Waals surface area contributed by atoms with Gasteiger partial charge in [-0.15, -0.1) is 0 Å². The van der Waals surface area contributed by atoms with Gasteiger partial charge in [-0.1, -0.05) is 0 Å². The molecular formula is C10H20N2O4. The van der Waals surface area contributed by atoms with Crippen molar-refractivity contribution in [2.45, 2.75) is 24.7 Å². The zero-order valence-electron chi connectivity index (χ0n) is 9.76. The van der Waals surface area contributed by atoms with Crippen LogP contribution in [0, 0.1) is 0 Å². The van der Waals surface area contributed by atoms with Gasteiger partial charge in [0.25, 0.3) is 0 Å². The van der Waals surface area contributed by atoms with E-state index in [-0.39, 0.29) is 12.2 Å². The number of nitrogens with two attached hydrogens (primary N) is 1. The second-order valence-electron chi connectivity index (χ2n) is 4.04. The zero-order valence-corrected chi connectivity index (χ0v) is 9.76. The Kier molecular flexibility index (Phi) is 5.14. The molecule has 1 fully saturated rings. The molecule has 16 heavy (non-hydrogen) atoms. The second-order valence-corrected chi connectivity index (χ2v) is 4.04. The predicted molar refractivity (Wildman–Crippen MR) is 58.3 cm³/mol. The minimum atomic E-state index is -0.953. The number of rotatable bonds is 6. The standard InChI is InChI=1S/C10H20N2O4/c1-15-8-5-12(6-9(8)16-2)4-3-7(11)10(13)14/h7-9H,3-6,11H2,1-2H3,(H,13,14). The van der Waals surface area contributed by atoms with Crippen molar-refractivity contribution in [3.05, 3.63) is 0 Å². The van der Waals surface area contributed by atoms with E-state index in [1.54, 1.807) is 14.2 Å². The number of methoxy groups -OCH3 is 2. The van der Waals surface area contributed by atoms with E-state index in [2.05, 4.69) is 4.90 Å². The first-order valence-corrected chi connectivity index (χ1v) is 5.34. The van der Waals surface area contributed by atoms with Crippen LogP contribution in [-0.2, 0) is 14.3 Å². The molecule has 0 bridgehead atoms. The number of carbonyl (C=O) groups is 1. The van der Waals surface area contributed by atoms with Crippen LogP contribution >= 0.6 is 0 Å². The molecule has 0 amide bonds. The number of hydrogen-bond acceptors (Lipinski definition) is 5. The van der Waals surface area contributed by atoms with Gasteiger partial charge in [0.1, 0.15) is 6.04 Å². The lowest BCUT2D eigenvalue weighted by molar-refractivity contribution is -0.138. The molecule has 1 rings (SSSR count). The van der Waals surface area contributed by atoms with Crippen molar-refractivity contribution in [3.63, 3.8) is 0 Å². The minimum Gasteiger partial charge on any atom is -0.480 e. The van der Waals surface area contributed by atoms with Gasteiger partial charge < -0.3 is 20.3 Å². The lowest BCUT2D eigenvalue weighted by Gasteiger charge is -2.16. The van der Waals surface area contributed by atoms with E-state index < -0.39 is 12.0 Å². The first kappa shape index (κ1) is 13.4. The summed E-state index contributed by atoms with van der Waals surface area (Å²) in [5.74, 6) is -0.953. The molecule has 0 aromatic heterocycles. The highest BCUT2D eigenvalue weighted by molar-refractivity contribution is 5.72. The summed E-state index contributed by atoms with van der Waals surface area (Å²) < 4.78 is 10.6. The van der Waals surface area contributed by atoms with Crippen LogP contribution < -0.4 is 5.73 Å². The SMILES string of the molecule is COC1CN(CCC(N)C(=O)O)CC1OC. The topological polar surface area (TPSA) is 85.0 Å². The van der Waals surface area contributed by atoms with Crippen molar-refractivity contribution in [2.24, 2.45) is 5.73 Å². The molecule has 0 spiro atoms. The summed E-state index contributed by atoms with van der Waals surface area (Å²) in [7, 11) is 3.31.